The molecule has 0 atom stereocenters. The third-order valence-electron chi connectivity index (χ3n) is 1.92. The Kier molecular flexibility index (Phi) is 3.20. The van der Waals surface area contributed by atoms with Gasteiger partial charge in [0.15, 0.2) is 10.8 Å². The number of ether oxygens (including phenoxy) is 1. The zero-order valence-electron chi connectivity index (χ0n) is 8.88. The summed E-state index contributed by atoms with van der Waals surface area (Å²) in [6.07, 6.45) is 1.58. The van der Waals surface area contributed by atoms with Gasteiger partial charge in [-0.3, -0.25) is 0 Å². The summed E-state index contributed by atoms with van der Waals surface area (Å²) in [7, 11) is 1.54. The van der Waals surface area contributed by atoms with E-state index in [-0.39, 0.29) is 5.69 Å². The van der Waals surface area contributed by atoms with Crippen LogP contribution in [0, 0.1) is 0 Å². The van der Waals surface area contributed by atoms with Gasteiger partial charge in [0.05, 0.1) is 19.0 Å². The molecule has 0 spiro atoms. The first-order chi connectivity index (χ1) is 8.19. The van der Waals surface area contributed by atoms with E-state index in [4.69, 9.17) is 9.84 Å². The monoisotopic (exact) mass is 251 g/mol. The molecule has 0 aliphatic carbocycles. The number of aromatic carboxylic acids is 1. The average molecular weight is 251 g/mol. The fourth-order valence-corrected chi connectivity index (χ4v) is 1.83. The van der Waals surface area contributed by atoms with Gasteiger partial charge in [-0.15, -0.1) is 11.3 Å². The molecule has 2 rings (SSSR count). The minimum Gasteiger partial charge on any atom is -0.481 e. The number of carboxylic acids is 1. The Bertz CT molecular complexity index is 524. The maximum absolute atomic E-state index is 10.6. The predicted molar refractivity (Wildman–Crippen MR) is 63.1 cm³/mol. The lowest BCUT2D eigenvalue weighted by Gasteiger charge is -2.02. The molecule has 2 aromatic heterocycles. The zero-order valence-corrected chi connectivity index (χ0v) is 9.69. The lowest BCUT2D eigenvalue weighted by molar-refractivity contribution is 0.0691. The summed E-state index contributed by atoms with van der Waals surface area (Å²) in [5.41, 5.74) is 0.746. The summed E-state index contributed by atoms with van der Waals surface area (Å²) in [6.45, 7) is 0. The van der Waals surface area contributed by atoms with Gasteiger partial charge in [-0.25, -0.2) is 14.8 Å². The third kappa shape index (κ3) is 2.70. The maximum atomic E-state index is 10.6. The second-order valence-corrected chi connectivity index (χ2v) is 3.92. The molecular weight excluding hydrogens is 242 g/mol. The fourth-order valence-electron chi connectivity index (χ4n) is 1.13. The van der Waals surface area contributed by atoms with Crippen LogP contribution in [0.4, 0.5) is 10.8 Å². The minimum absolute atomic E-state index is 0.0268. The molecular formula is C10H9N3O3S. The molecule has 7 heteroatoms. The lowest BCUT2D eigenvalue weighted by Crippen LogP contribution is -1.97. The molecule has 17 heavy (non-hydrogen) atoms. The highest BCUT2D eigenvalue weighted by Crippen LogP contribution is 2.21. The highest BCUT2D eigenvalue weighted by Gasteiger charge is 2.08. The fraction of sp³-hybridized carbons (Fsp3) is 0.100. The molecule has 0 radical (unpaired) electrons. The minimum atomic E-state index is -1.04. The number of aromatic nitrogens is 2. The van der Waals surface area contributed by atoms with Crippen LogP contribution in [0.5, 0.6) is 5.88 Å². The smallest absolute Gasteiger partial charge is 0.355 e. The summed E-state index contributed by atoms with van der Waals surface area (Å²) >= 11 is 1.22. The van der Waals surface area contributed by atoms with Crippen molar-refractivity contribution in [1.29, 1.82) is 0 Å². The second-order valence-electron chi connectivity index (χ2n) is 3.06. The maximum Gasteiger partial charge on any atom is 0.355 e. The van der Waals surface area contributed by atoms with Crippen molar-refractivity contribution >= 4 is 28.1 Å². The molecule has 6 nitrogen and oxygen atoms in total. The van der Waals surface area contributed by atoms with Crippen molar-refractivity contribution in [3.05, 3.63) is 29.4 Å². The van der Waals surface area contributed by atoms with Gasteiger partial charge in [-0.2, -0.15) is 0 Å². The lowest BCUT2D eigenvalue weighted by atomic mass is 10.4. The van der Waals surface area contributed by atoms with E-state index in [1.807, 2.05) is 0 Å². The van der Waals surface area contributed by atoms with Crippen LogP contribution in [0.3, 0.4) is 0 Å². The Balaban J connectivity index is 2.11. The summed E-state index contributed by atoms with van der Waals surface area (Å²) < 4.78 is 4.93. The number of carbonyl (C=O) groups is 1. The molecule has 0 aliphatic heterocycles. The van der Waals surface area contributed by atoms with Crippen LogP contribution in [0.1, 0.15) is 10.5 Å². The summed E-state index contributed by atoms with van der Waals surface area (Å²) in [5.74, 6) is -0.525. The molecule has 0 bridgehead atoms. The van der Waals surface area contributed by atoms with E-state index in [2.05, 4.69) is 15.3 Å². The molecule has 0 saturated carbocycles. The average Bonchev–Trinajstić information content (AvgIpc) is 2.79. The quantitative estimate of drug-likeness (QED) is 0.864. The molecule has 0 aliphatic rings. The Morgan fingerprint density at radius 2 is 2.35 bits per heavy atom. The van der Waals surface area contributed by atoms with Crippen LogP contribution < -0.4 is 10.1 Å². The van der Waals surface area contributed by atoms with E-state index in [1.165, 1.54) is 23.8 Å². The number of thiazole rings is 1. The number of anilines is 2. The van der Waals surface area contributed by atoms with Crippen molar-refractivity contribution in [3.63, 3.8) is 0 Å². The van der Waals surface area contributed by atoms with Gasteiger partial charge in [0.1, 0.15) is 0 Å². The van der Waals surface area contributed by atoms with E-state index < -0.39 is 5.97 Å². The van der Waals surface area contributed by atoms with E-state index in [0.29, 0.717) is 11.0 Å². The Labute approximate surface area is 101 Å². The van der Waals surface area contributed by atoms with Crippen LogP contribution in [-0.4, -0.2) is 28.2 Å². The van der Waals surface area contributed by atoms with Crippen molar-refractivity contribution in [3.8, 4) is 5.88 Å². The molecule has 0 unspecified atom stereocenters. The molecule has 0 saturated heterocycles. The van der Waals surface area contributed by atoms with E-state index in [0.717, 1.165) is 5.69 Å². The highest BCUT2D eigenvalue weighted by atomic mass is 32.1. The summed E-state index contributed by atoms with van der Waals surface area (Å²) in [5, 5.41) is 13.7. The first-order valence-corrected chi connectivity index (χ1v) is 5.53. The van der Waals surface area contributed by atoms with E-state index in [1.54, 1.807) is 18.3 Å². The number of nitrogens with zero attached hydrogens (tertiary/aromatic N) is 2. The molecule has 2 N–H and O–H groups in total. The van der Waals surface area contributed by atoms with Gasteiger partial charge >= 0.3 is 5.97 Å². The van der Waals surface area contributed by atoms with Crippen molar-refractivity contribution in [1.82, 2.24) is 9.97 Å². The van der Waals surface area contributed by atoms with Crippen LogP contribution in [0.25, 0.3) is 0 Å². The standard InChI is InChI=1S/C10H9N3O3S/c1-16-8-3-2-6(4-11-8)12-10-13-7(5-17-10)9(14)15/h2-5H,1H3,(H,12,13)(H,14,15). The van der Waals surface area contributed by atoms with Crippen molar-refractivity contribution in [2.45, 2.75) is 0 Å². The topological polar surface area (TPSA) is 84.3 Å². The largest absolute Gasteiger partial charge is 0.481 e. The number of carboxylic acid groups (broad SMARTS) is 1. The molecule has 0 fully saturated rings. The number of methoxy groups -OCH3 is 1. The van der Waals surface area contributed by atoms with Crippen molar-refractivity contribution in [2.24, 2.45) is 0 Å². The molecule has 0 aromatic carbocycles. The molecule has 0 amide bonds. The number of rotatable bonds is 4. The van der Waals surface area contributed by atoms with Crippen molar-refractivity contribution < 1.29 is 14.6 Å². The van der Waals surface area contributed by atoms with Gasteiger partial charge in [0.2, 0.25) is 5.88 Å². The zero-order chi connectivity index (χ0) is 12.3. The molecule has 2 heterocycles. The highest BCUT2D eigenvalue weighted by molar-refractivity contribution is 7.14. The number of hydrogen-bond donors (Lipinski definition) is 2. The predicted octanol–water partition coefficient (Wildman–Crippen LogP) is 1.99. The van der Waals surface area contributed by atoms with Gasteiger partial charge in [0, 0.05) is 11.4 Å². The SMILES string of the molecule is COc1ccc(Nc2nc(C(=O)O)cs2)cn1. The molecule has 2 aromatic rings. The Hall–Kier alpha value is -2.15. The summed E-state index contributed by atoms with van der Waals surface area (Å²) in [6, 6.07) is 3.47. The van der Waals surface area contributed by atoms with E-state index >= 15 is 0 Å². The number of pyridine rings is 1. The van der Waals surface area contributed by atoms with Crippen molar-refractivity contribution in [2.75, 3.05) is 12.4 Å². The first kappa shape index (κ1) is 11.3. The van der Waals surface area contributed by atoms with Crippen LogP contribution in [0.15, 0.2) is 23.7 Å². The Morgan fingerprint density at radius 1 is 1.53 bits per heavy atom. The number of nitrogens with one attached hydrogen (secondary N) is 1. The van der Waals surface area contributed by atoms with Gasteiger partial charge in [-0.1, -0.05) is 0 Å². The Morgan fingerprint density at radius 3 is 2.88 bits per heavy atom. The van der Waals surface area contributed by atoms with Crippen LogP contribution >= 0.6 is 11.3 Å². The van der Waals surface area contributed by atoms with Crippen LogP contribution in [0.2, 0.25) is 0 Å². The van der Waals surface area contributed by atoms with Gasteiger partial charge in [0.25, 0.3) is 0 Å². The second kappa shape index (κ2) is 4.79. The van der Waals surface area contributed by atoms with E-state index in [9.17, 15) is 4.79 Å². The van der Waals surface area contributed by atoms with Gasteiger partial charge in [-0.05, 0) is 6.07 Å². The van der Waals surface area contributed by atoms with Gasteiger partial charge < -0.3 is 15.2 Å². The third-order valence-corrected chi connectivity index (χ3v) is 2.68. The van der Waals surface area contributed by atoms with Crippen LogP contribution in [-0.2, 0) is 0 Å². The summed E-state index contributed by atoms with van der Waals surface area (Å²) in [4.78, 5) is 18.5. The first-order valence-electron chi connectivity index (χ1n) is 4.65. The normalized spacial score (nSPS) is 9.94. The number of hydrogen-bond acceptors (Lipinski definition) is 6. The molecule has 88 valence electrons.